The zero-order chi connectivity index (χ0) is 19.8. The molecule has 0 saturated carbocycles. The van der Waals surface area contributed by atoms with E-state index in [9.17, 15) is 9.59 Å². The first-order valence-corrected chi connectivity index (χ1v) is 9.91. The maximum absolute atomic E-state index is 11.9. The zero-order valence-corrected chi connectivity index (χ0v) is 18.4. The molecule has 27 heavy (non-hydrogen) atoms. The minimum Gasteiger partial charge on any atom is -0.298 e. The third kappa shape index (κ3) is 8.03. The fourth-order valence-corrected chi connectivity index (χ4v) is 3.69. The highest BCUT2D eigenvalue weighted by Crippen LogP contribution is 2.20. The lowest BCUT2D eigenvalue weighted by Crippen LogP contribution is -2.48. The SMILES string of the molecule is Cc1cccc(CC(=O)NNC(=S)NC(=O)C=Cc2cc(Br)cc(Br)c2)c1. The molecule has 2 rings (SSSR count). The number of hydrogen-bond donors (Lipinski definition) is 3. The molecule has 0 bridgehead atoms. The van der Waals surface area contributed by atoms with Crippen molar-refractivity contribution in [1.29, 1.82) is 0 Å². The monoisotopic (exact) mass is 509 g/mol. The van der Waals surface area contributed by atoms with E-state index >= 15 is 0 Å². The molecule has 0 aliphatic carbocycles. The molecule has 2 aromatic rings. The number of thiocarbonyl (C=S) groups is 1. The number of carbonyl (C=O) groups is 2. The van der Waals surface area contributed by atoms with Crippen LogP contribution in [-0.2, 0) is 16.0 Å². The van der Waals surface area contributed by atoms with Gasteiger partial charge in [-0.15, -0.1) is 0 Å². The van der Waals surface area contributed by atoms with Gasteiger partial charge >= 0.3 is 0 Å². The highest BCUT2D eigenvalue weighted by molar-refractivity contribution is 9.11. The van der Waals surface area contributed by atoms with Crippen molar-refractivity contribution in [2.45, 2.75) is 13.3 Å². The fourth-order valence-electron chi connectivity index (χ4n) is 2.21. The van der Waals surface area contributed by atoms with E-state index in [0.29, 0.717) is 0 Å². The van der Waals surface area contributed by atoms with E-state index in [0.717, 1.165) is 25.6 Å². The maximum Gasteiger partial charge on any atom is 0.250 e. The van der Waals surface area contributed by atoms with Crippen LogP contribution in [0.15, 0.2) is 57.5 Å². The molecular formula is C19H17Br2N3O2S. The summed E-state index contributed by atoms with van der Waals surface area (Å²) >= 11 is 11.8. The Hall–Kier alpha value is -2.03. The first-order chi connectivity index (χ1) is 12.8. The molecule has 0 heterocycles. The van der Waals surface area contributed by atoms with Gasteiger partial charge in [-0.2, -0.15) is 0 Å². The summed E-state index contributed by atoms with van der Waals surface area (Å²) < 4.78 is 1.79. The summed E-state index contributed by atoms with van der Waals surface area (Å²) in [7, 11) is 0. The number of amides is 2. The summed E-state index contributed by atoms with van der Waals surface area (Å²) in [6.07, 6.45) is 3.23. The number of rotatable bonds is 4. The van der Waals surface area contributed by atoms with Gasteiger partial charge in [-0.1, -0.05) is 61.7 Å². The molecule has 0 saturated heterocycles. The van der Waals surface area contributed by atoms with Crippen LogP contribution in [0.5, 0.6) is 0 Å². The minimum absolute atomic E-state index is 0.0117. The maximum atomic E-state index is 11.9. The van der Waals surface area contributed by atoms with Crippen molar-refractivity contribution >= 4 is 67.1 Å². The van der Waals surface area contributed by atoms with Crippen LogP contribution >= 0.6 is 44.1 Å². The van der Waals surface area contributed by atoms with Crippen LogP contribution in [0.4, 0.5) is 0 Å². The van der Waals surface area contributed by atoms with Gasteiger partial charge in [0.25, 0.3) is 0 Å². The molecule has 8 heteroatoms. The topological polar surface area (TPSA) is 70.2 Å². The van der Waals surface area contributed by atoms with Gasteiger partial charge in [-0.3, -0.25) is 25.8 Å². The molecule has 2 amide bonds. The van der Waals surface area contributed by atoms with E-state index in [4.69, 9.17) is 12.2 Å². The molecule has 0 aromatic heterocycles. The van der Waals surface area contributed by atoms with Crippen molar-refractivity contribution in [3.8, 4) is 0 Å². The lowest BCUT2D eigenvalue weighted by Gasteiger charge is -2.10. The molecule has 0 unspecified atom stereocenters. The Morgan fingerprint density at radius 3 is 2.44 bits per heavy atom. The largest absolute Gasteiger partial charge is 0.298 e. The van der Waals surface area contributed by atoms with E-state index < -0.39 is 5.91 Å². The summed E-state index contributed by atoms with van der Waals surface area (Å²) in [5.41, 5.74) is 7.80. The smallest absolute Gasteiger partial charge is 0.250 e. The lowest BCUT2D eigenvalue weighted by atomic mass is 10.1. The van der Waals surface area contributed by atoms with E-state index in [-0.39, 0.29) is 17.4 Å². The molecule has 0 aliphatic rings. The molecule has 0 aliphatic heterocycles. The first-order valence-electron chi connectivity index (χ1n) is 7.91. The van der Waals surface area contributed by atoms with Crippen LogP contribution in [0.1, 0.15) is 16.7 Å². The Kier molecular flexibility index (Phi) is 8.15. The Bertz CT molecular complexity index is 880. The molecule has 0 radical (unpaired) electrons. The van der Waals surface area contributed by atoms with Crippen LogP contribution < -0.4 is 16.2 Å². The van der Waals surface area contributed by atoms with Gasteiger partial charge in [0.05, 0.1) is 6.42 Å². The molecule has 5 nitrogen and oxygen atoms in total. The Labute approximate surface area is 179 Å². The highest BCUT2D eigenvalue weighted by atomic mass is 79.9. The normalized spacial score (nSPS) is 10.5. The predicted octanol–water partition coefficient (Wildman–Crippen LogP) is 3.80. The van der Waals surface area contributed by atoms with Crippen molar-refractivity contribution in [2.24, 2.45) is 0 Å². The van der Waals surface area contributed by atoms with Crippen LogP contribution in [0.3, 0.4) is 0 Å². The van der Waals surface area contributed by atoms with Gasteiger partial charge in [0.1, 0.15) is 0 Å². The van der Waals surface area contributed by atoms with Gasteiger partial charge in [0.15, 0.2) is 5.11 Å². The third-order valence-electron chi connectivity index (χ3n) is 3.31. The average Bonchev–Trinajstić information content (AvgIpc) is 2.57. The lowest BCUT2D eigenvalue weighted by molar-refractivity contribution is -0.121. The van der Waals surface area contributed by atoms with Gasteiger partial charge in [-0.25, -0.2) is 0 Å². The molecule has 0 spiro atoms. The van der Waals surface area contributed by atoms with Gasteiger partial charge < -0.3 is 0 Å². The Morgan fingerprint density at radius 2 is 1.78 bits per heavy atom. The number of benzene rings is 2. The van der Waals surface area contributed by atoms with Crippen LogP contribution in [0.2, 0.25) is 0 Å². The van der Waals surface area contributed by atoms with Gasteiger partial charge in [0, 0.05) is 15.0 Å². The number of nitrogens with one attached hydrogen (secondary N) is 3. The Balaban J connectivity index is 1.78. The molecular weight excluding hydrogens is 494 g/mol. The molecule has 0 fully saturated rings. The van der Waals surface area contributed by atoms with Crippen molar-refractivity contribution in [3.63, 3.8) is 0 Å². The zero-order valence-electron chi connectivity index (χ0n) is 14.4. The summed E-state index contributed by atoms with van der Waals surface area (Å²) in [6.45, 7) is 1.96. The summed E-state index contributed by atoms with van der Waals surface area (Å²) in [5.74, 6) is -0.664. The second kappa shape index (κ2) is 10.3. The van der Waals surface area contributed by atoms with Crippen LogP contribution in [-0.4, -0.2) is 16.9 Å². The highest BCUT2D eigenvalue weighted by Gasteiger charge is 2.05. The fraction of sp³-hybridized carbons (Fsp3) is 0.105. The van der Waals surface area contributed by atoms with Crippen molar-refractivity contribution in [3.05, 3.63) is 74.2 Å². The average molecular weight is 511 g/mol. The number of halogens is 2. The Morgan fingerprint density at radius 1 is 1.07 bits per heavy atom. The van der Waals surface area contributed by atoms with E-state index in [1.54, 1.807) is 6.08 Å². The quantitative estimate of drug-likeness (QED) is 0.332. The molecule has 2 aromatic carbocycles. The van der Waals surface area contributed by atoms with Crippen molar-refractivity contribution in [1.82, 2.24) is 16.2 Å². The number of aryl methyl sites for hydroxylation is 1. The standard InChI is InChI=1S/C19H17Br2N3O2S/c1-12-3-2-4-13(7-12)10-18(26)23-24-19(27)22-17(25)6-5-14-8-15(20)11-16(21)9-14/h2-9,11H,10H2,1H3,(H,23,26)(H2,22,24,25,27). The molecule has 0 atom stereocenters. The van der Waals surface area contributed by atoms with Crippen LogP contribution in [0, 0.1) is 6.92 Å². The molecule has 3 N–H and O–H groups in total. The first kappa shape index (κ1) is 21.3. The summed E-state index contributed by atoms with van der Waals surface area (Å²) in [4.78, 5) is 23.8. The summed E-state index contributed by atoms with van der Waals surface area (Å²) in [6, 6.07) is 13.3. The summed E-state index contributed by atoms with van der Waals surface area (Å²) in [5, 5.41) is 2.48. The van der Waals surface area contributed by atoms with E-state index in [2.05, 4.69) is 48.0 Å². The second-order valence-corrected chi connectivity index (χ2v) is 7.93. The molecule has 140 valence electrons. The van der Waals surface area contributed by atoms with Crippen LogP contribution in [0.25, 0.3) is 6.08 Å². The number of hydrogen-bond acceptors (Lipinski definition) is 3. The van der Waals surface area contributed by atoms with E-state index in [1.165, 1.54) is 6.08 Å². The second-order valence-electron chi connectivity index (χ2n) is 5.69. The number of hydrazine groups is 1. The predicted molar refractivity (Wildman–Crippen MR) is 118 cm³/mol. The van der Waals surface area contributed by atoms with Gasteiger partial charge in [0.2, 0.25) is 11.8 Å². The minimum atomic E-state index is -0.406. The van der Waals surface area contributed by atoms with E-state index in [1.807, 2.05) is 49.4 Å². The van der Waals surface area contributed by atoms with Crippen molar-refractivity contribution in [2.75, 3.05) is 0 Å². The van der Waals surface area contributed by atoms with Gasteiger partial charge in [-0.05, 0) is 54.5 Å². The number of carbonyl (C=O) groups excluding carboxylic acids is 2. The third-order valence-corrected chi connectivity index (χ3v) is 4.43. The van der Waals surface area contributed by atoms with Crippen molar-refractivity contribution < 1.29 is 9.59 Å².